The van der Waals surface area contributed by atoms with Crippen molar-refractivity contribution in [3.05, 3.63) is 23.8 Å². The fourth-order valence-electron chi connectivity index (χ4n) is 0.915. The van der Waals surface area contributed by atoms with Crippen LogP contribution in [0.15, 0.2) is 12.4 Å². The number of hydrogen-bond acceptors (Lipinski definition) is 3. The maximum absolute atomic E-state index is 11.7. The summed E-state index contributed by atoms with van der Waals surface area (Å²) in [7, 11) is 0. The predicted octanol–water partition coefficient (Wildman–Crippen LogP) is 2.04. The maximum Gasteiger partial charge on any atom is 0.261 e. The zero-order chi connectivity index (χ0) is 11.1. The van der Waals surface area contributed by atoms with Crippen molar-refractivity contribution >= 4 is 11.6 Å². The van der Waals surface area contributed by atoms with Crippen LogP contribution in [-0.2, 0) is 17.0 Å². The van der Waals surface area contributed by atoms with Crippen LogP contribution >= 0.6 is 11.6 Å². The van der Waals surface area contributed by atoms with Crippen molar-refractivity contribution in [3.63, 3.8) is 0 Å². The topological polar surface area (TPSA) is 35.0 Å². The van der Waals surface area contributed by atoms with E-state index >= 15 is 0 Å². The number of halogens is 3. The predicted molar refractivity (Wildman–Crippen MR) is 52.1 cm³/mol. The Morgan fingerprint density at radius 2 is 2.00 bits per heavy atom. The standard InChI is InChI=1S/C9H11ClF2N2O/c10-3-7-4-13-9(14-5-7)1-2-15-6-8(11)12/h4-5,8H,1-3,6H2. The van der Waals surface area contributed by atoms with Gasteiger partial charge in [-0.05, 0) is 0 Å². The summed E-state index contributed by atoms with van der Waals surface area (Å²) in [6, 6.07) is 0. The van der Waals surface area contributed by atoms with Crippen LogP contribution in [0.4, 0.5) is 8.78 Å². The van der Waals surface area contributed by atoms with Crippen LogP contribution in [-0.4, -0.2) is 29.6 Å². The minimum Gasteiger partial charge on any atom is -0.375 e. The lowest BCUT2D eigenvalue weighted by molar-refractivity contribution is 0.0183. The average Bonchev–Trinajstić information content (AvgIpc) is 2.25. The van der Waals surface area contributed by atoms with Crippen molar-refractivity contribution in [2.45, 2.75) is 18.7 Å². The summed E-state index contributed by atoms with van der Waals surface area (Å²) in [6.45, 7) is -0.343. The highest BCUT2D eigenvalue weighted by Crippen LogP contribution is 2.01. The van der Waals surface area contributed by atoms with Crippen molar-refractivity contribution in [3.8, 4) is 0 Å². The normalized spacial score (nSPS) is 10.9. The average molecular weight is 237 g/mol. The number of ether oxygens (including phenoxy) is 1. The highest BCUT2D eigenvalue weighted by Gasteiger charge is 2.02. The van der Waals surface area contributed by atoms with Crippen molar-refractivity contribution in [1.29, 1.82) is 0 Å². The van der Waals surface area contributed by atoms with Gasteiger partial charge in [0.25, 0.3) is 6.43 Å². The van der Waals surface area contributed by atoms with E-state index < -0.39 is 13.0 Å². The van der Waals surface area contributed by atoms with Gasteiger partial charge >= 0.3 is 0 Å². The molecular weight excluding hydrogens is 226 g/mol. The molecule has 0 radical (unpaired) electrons. The fraction of sp³-hybridized carbons (Fsp3) is 0.556. The van der Waals surface area contributed by atoms with Gasteiger partial charge in [-0.2, -0.15) is 0 Å². The van der Waals surface area contributed by atoms with Crippen LogP contribution in [0.2, 0.25) is 0 Å². The lowest BCUT2D eigenvalue weighted by Gasteiger charge is -2.02. The molecule has 0 spiro atoms. The Balaban J connectivity index is 2.25. The van der Waals surface area contributed by atoms with Gasteiger partial charge in [0, 0.05) is 24.4 Å². The monoisotopic (exact) mass is 236 g/mol. The van der Waals surface area contributed by atoms with Crippen molar-refractivity contribution in [1.82, 2.24) is 9.97 Å². The number of rotatable bonds is 6. The molecule has 1 heterocycles. The molecule has 0 fully saturated rings. The summed E-state index contributed by atoms with van der Waals surface area (Å²) >= 11 is 5.55. The van der Waals surface area contributed by atoms with Crippen molar-refractivity contribution < 1.29 is 13.5 Å². The molecule has 0 atom stereocenters. The van der Waals surface area contributed by atoms with E-state index in [-0.39, 0.29) is 6.61 Å². The van der Waals surface area contributed by atoms with Crippen molar-refractivity contribution in [2.75, 3.05) is 13.2 Å². The van der Waals surface area contributed by atoms with Gasteiger partial charge in [0.1, 0.15) is 12.4 Å². The number of alkyl halides is 3. The molecule has 1 aromatic heterocycles. The Morgan fingerprint density at radius 3 is 2.53 bits per heavy atom. The van der Waals surface area contributed by atoms with Crippen LogP contribution in [0.25, 0.3) is 0 Å². The summed E-state index contributed by atoms with van der Waals surface area (Å²) in [4.78, 5) is 8.01. The minimum atomic E-state index is -2.43. The summed E-state index contributed by atoms with van der Waals surface area (Å²) < 4.78 is 28.1. The Bertz CT molecular complexity index is 282. The van der Waals surface area contributed by atoms with Gasteiger partial charge < -0.3 is 4.74 Å². The number of aromatic nitrogens is 2. The molecule has 3 nitrogen and oxygen atoms in total. The largest absolute Gasteiger partial charge is 0.375 e. The molecule has 0 aromatic carbocycles. The zero-order valence-corrected chi connectivity index (χ0v) is 8.75. The van der Waals surface area contributed by atoms with Gasteiger partial charge in [0.05, 0.1) is 12.5 Å². The molecule has 0 aliphatic carbocycles. The first-order chi connectivity index (χ1) is 7.22. The van der Waals surface area contributed by atoms with Gasteiger partial charge in [-0.15, -0.1) is 11.6 Å². The van der Waals surface area contributed by atoms with Gasteiger partial charge in [-0.25, -0.2) is 18.7 Å². The molecule has 0 aliphatic rings. The SMILES string of the molecule is FC(F)COCCc1ncc(CCl)cn1. The number of nitrogens with zero attached hydrogens (tertiary/aromatic N) is 2. The molecule has 0 unspecified atom stereocenters. The number of hydrogen-bond donors (Lipinski definition) is 0. The molecule has 15 heavy (non-hydrogen) atoms. The third-order valence-corrected chi connectivity index (χ3v) is 1.94. The summed E-state index contributed by atoms with van der Waals surface area (Å²) in [6.07, 6.45) is 1.23. The first-order valence-corrected chi connectivity index (χ1v) is 4.97. The lowest BCUT2D eigenvalue weighted by atomic mass is 10.3. The van der Waals surface area contributed by atoms with Crippen LogP contribution in [0, 0.1) is 0 Å². The fourth-order valence-corrected chi connectivity index (χ4v) is 1.05. The Labute approximate surface area is 91.4 Å². The van der Waals surface area contributed by atoms with E-state index in [1.807, 2.05) is 0 Å². The summed E-state index contributed by atoms with van der Waals surface area (Å²) in [5, 5.41) is 0. The Kier molecular flexibility index (Phi) is 5.42. The Hall–Kier alpha value is -0.810. The molecule has 0 saturated heterocycles. The van der Waals surface area contributed by atoms with Crippen LogP contribution in [0.3, 0.4) is 0 Å². The maximum atomic E-state index is 11.7. The van der Waals surface area contributed by atoms with Gasteiger partial charge in [-0.1, -0.05) is 0 Å². The van der Waals surface area contributed by atoms with Gasteiger partial charge in [0.15, 0.2) is 0 Å². The molecule has 1 aromatic rings. The smallest absolute Gasteiger partial charge is 0.261 e. The highest BCUT2D eigenvalue weighted by molar-refractivity contribution is 6.17. The van der Waals surface area contributed by atoms with E-state index in [9.17, 15) is 8.78 Å². The first kappa shape index (κ1) is 12.3. The zero-order valence-electron chi connectivity index (χ0n) is 8.00. The van der Waals surface area contributed by atoms with Crippen LogP contribution in [0.1, 0.15) is 11.4 Å². The molecule has 84 valence electrons. The molecule has 0 saturated carbocycles. The summed E-state index contributed by atoms with van der Waals surface area (Å²) in [5.41, 5.74) is 0.828. The summed E-state index contributed by atoms with van der Waals surface area (Å²) in [5.74, 6) is 0.931. The second-order valence-corrected chi connectivity index (χ2v) is 3.12. The molecule has 0 amide bonds. The molecule has 1 rings (SSSR count). The van der Waals surface area contributed by atoms with Gasteiger partial charge in [-0.3, -0.25) is 0 Å². The van der Waals surface area contributed by atoms with E-state index in [1.54, 1.807) is 12.4 Å². The molecule has 0 aliphatic heterocycles. The van der Waals surface area contributed by atoms with E-state index in [1.165, 1.54) is 0 Å². The Morgan fingerprint density at radius 1 is 1.33 bits per heavy atom. The van der Waals surface area contributed by atoms with Gasteiger partial charge in [0.2, 0.25) is 0 Å². The molecular formula is C9H11ClF2N2O. The van der Waals surface area contributed by atoms with Crippen LogP contribution < -0.4 is 0 Å². The third kappa shape index (κ3) is 4.99. The molecule has 6 heteroatoms. The first-order valence-electron chi connectivity index (χ1n) is 4.44. The van der Waals surface area contributed by atoms with Crippen LogP contribution in [0.5, 0.6) is 0 Å². The minimum absolute atomic E-state index is 0.199. The lowest BCUT2D eigenvalue weighted by Crippen LogP contribution is -2.08. The quantitative estimate of drug-likeness (QED) is 0.560. The van der Waals surface area contributed by atoms with E-state index in [0.717, 1.165) is 5.56 Å². The second kappa shape index (κ2) is 6.63. The molecule has 0 bridgehead atoms. The van der Waals surface area contributed by atoms with E-state index in [0.29, 0.717) is 18.1 Å². The van der Waals surface area contributed by atoms with E-state index in [4.69, 9.17) is 16.3 Å². The second-order valence-electron chi connectivity index (χ2n) is 2.86. The molecule has 0 N–H and O–H groups in total. The highest BCUT2D eigenvalue weighted by atomic mass is 35.5. The third-order valence-electron chi connectivity index (χ3n) is 1.63. The van der Waals surface area contributed by atoms with E-state index in [2.05, 4.69) is 9.97 Å². The van der Waals surface area contributed by atoms with Crippen molar-refractivity contribution in [2.24, 2.45) is 0 Å².